The van der Waals surface area contributed by atoms with Crippen LogP contribution in [0.4, 0.5) is 0 Å². The van der Waals surface area contributed by atoms with Gasteiger partial charge in [-0.15, -0.1) is 0 Å². The summed E-state index contributed by atoms with van der Waals surface area (Å²) >= 11 is 0. The third-order valence-electron chi connectivity index (χ3n) is 3.10. The average Bonchev–Trinajstić information content (AvgIpc) is 2.49. The number of rotatable bonds is 1. The largest absolute Gasteiger partial charge is 0.480 e. The normalized spacial score (nSPS) is 38.8. The minimum absolute atomic E-state index is 0.133. The molecule has 1 aliphatic carbocycles. The molecule has 3 atom stereocenters. The van der Waals surface area contributed by atoms with Gasteiger partial charge in [-0.2, -0.15) is 0 Å². The number of carboxylic acid groups (broad SMARTS) is 1. The van der Waals surface area contributed by atoms with Gasteiger partial charge in [0, 0.05) is 12.3 Å². The molecule has 0 aromatic heterocycles. The van der Waals surface area contributed by atoms with E-state index in [0.717, 1.165) is 12.8 Å². The number of ketones is 1. The van der Waals surface area contributed by atoms with Crippen LogP contribution in [0.3, 0.4) is 0 Å². The number of hydrogen-bond donors (Lipinski definition) is 2. The van der Waals surface area contributed by atoms with E-state index in [9.17, 15) is 9.59 Å². The molecule has 1 heterocycles. The molecule has 0 amide bonds. The van der Waals surface area contributed by atoms with Crippen molar-refractivity contribution in [1.82, 2.24) is 5.32 Å². The highest BCUT2D eigenvalue weighted by Crippen LogP contribution is 2.33. The Morgan fingerprint density at radius 3 is 3.00 bits per heavy atom. The summed E-state index contributed by atoms with van der Waals surface area (Å²) in [5, 5.41) is 11.8. The van der Waals surface area contributed by atoms with Gasteiger partial charge >= 0.3 is 5.97 Å². The van der Waals surface area contributed by atoms with Crippen LogP contribution in [0.25, 0.3) is 0 Å². The van der Waals surface area contributed by atoms with Crippen molar-refractivity contribution in [2.45, 2.75) is 25.3 Å². The van der Waals surface area contributed by atoms with Gasteiger partial charge in [-0.25, -0.2) is 0 Å². The van der Waals surface area contributed by atoms with Gasteiger partial charge in [0.2, 0.25) is 0 Å². The van der Waals surface area contributed by atoms with E-state index in [1.165, 1.54) is 0 Å². The predicted octanol–water partition coefficient (Wildman–Crippen LogP) is 0.0282. The molecule has 0 aromatic carbocycles. The summed E-state index contributed by atoms with van der Waals surface area (Å²) < 4.78 is 0. The van der Waals surface area contributed by atoms with Crippen LogP contribution in [0.15, 0.2) is 0 Å². The van der Waals surface area contributed by atoms with Crippen LogP contribution in [0.5, 0.6) is 0 Å². The second kappa shape index (κ2) is 3.10. The molecule has 1 aliphatic heterocycles. The van der Waals surface area contributed by atoms with Gasteiger partial charge in [-0.3, -0.25) is 9.59 Å². The SMILES string of the molecule is O=C1CCC[C@H]2CN[C@@H](C(=O)O)[C@H]12. The standard InChI is InChI=1S/C9H13NO3/c11-6-3-1-2-5-4-10-8(7(5)6)9(12)13/h5,7-8,10H,1-4H2,(H,12,13)/t5-,7-,8+/m0/s1. The van der Waals surface area contributed by atoms with Crippen molar-refractivity contribution in [1.29, 1.82) is 0 Å². The first-order valence-corrected chi connectivity index (χ1v) is 4.69. The summed E-state index contributed by atoms with van der Waals surface area (Å²) in [6, 6.07) is -0.627. The van der Waals surface area contributed by atoms with Crippen LogP contribution in [-0.2, 0) is 9.59 Å². The van der Waals surface area contributed by atoms with E-state index in [2.05, 4.69) is 5.32 Å². The molecule has 72 valence electrons. The van der Waals surface area contributed by atoms with Gasteiger partial charge in [-0.1, -0.05) is 0 Å². The number of hydrogen-bond acceptors (Lipinski definition) is 3. The molecule has 0 unspecified atom stereocenters. The molecule has 1 saturated carbocycles. The molecule has 0 bridgehead atoms. The van der Waals surface area contributed by atoms with E-state index in [1.807, 2.05) is 0 Å². The second-order valence-electron chi connectivity index (χ2n) is 3.87. The van der Waals surface area contributed by atoms with Gasteiger partial charge < -0.3 is 10.4 Å². The molecule has 0 aromatic rings. The number of carbonyl (C=O) groups excluding carboxylic acids is 1. The Morgan fingerprint density at radius 2 is 2.31 bits per heavy atom. The third-order valence-corrected chi connectivity index (χ3v) is 3.10. The number of carboxylic acids is 1. The van der Waals surface area contributed by atoms with Crippen LogP contribution in [0.1, 0.15) is 19.3 Å². The highest BCUT2D eigenvalue weighted by Gasteiger charge is 2.45. The number of aliphatic carboxylic acids is 1. The van der Waals surface area contributed by atoms with E-state index in [0.29, 0.717) is 13.0 Å². The quantitative estimate of drug-likeness (QED) is 0.601. The van der Waals surface area contributed by atoms with E-state index in [1.54, 1.807) is 0 Å². The van der Waals surface area contributed by atoms with E-state index >= 15 is 0 Å². The summed E-state index contributed by atoms with van der Waals surface area (Å²) in [6.45, 7) is 0.688. The summed E-state index contributed by atoms with van der Waals surface area (Å²) in [5.41, 5.74) is 0. The first-order chi connectivity index (χ1) is 6.20. The zero-order chi connectivity index (χ0) is 9.42. The minimum Gasteiger partial charge on any atom is -0.480 e. The molecule has 2 aliphatic rings. The molecule has 0 radical (unpaired) electrons. The summed E-state index contributed by atoms with van der Waals surface area (Å²) in [6.07, 6.45) is 2.48. The van der Waals surface area contributed by atoms with Crippen LogP contribution in [0, 0.1) is 11.8 Å². The highest BCUT2D eigenvalue weighted by atomic mass is 16.4. The van der Waals surface area contributed by atoms with Crippen LogP contribution in [-0.4, -0.2) is 29.4 Å². The van der Waals surface area contributed by atoms with Crippen molar-refractivity contribution in [3.63, 3.8) is 0 Å². The molecule has 2 rings (SSSR count). The van der Waals surface area contributed by atoms with Gasteiger partial charge in [0.25, 0.3) is 0 Å². The Labute approximate surface area is 76.3 Å². The molecule has 4 nitrogen and oxygen atoms in total. The Hall–Kier alpha value is -0.900. The minimum atomic E-state index is -0.886. The maximum absolute atomic E-state index is 11.5. The highest BCUT2D eigenvalue weighted by molar-refractivity contribution is 5.89. The Morgan fingerprint density at radius 1 is 1.54 bits per heavy atom. The van der Waals surface area contributed by atoms with Gasteiger partial charge in [0.1, 0.15) is 11.8 Å². The van der Waals surface area contributed by atoms with E-state index < -0.39 is 12.0 Å². The number of carbonyl (C=O) groups is 2. The number of nitrogens with one attached hydrogen (secondary N) is 1. The zero-order valence-electron chi connectivity index (χ0n) is 7.32. The molecule has 0 spiro atoms. The topological polar surface area (TPSA) is 66.4 Å². The summed E-state index contributed by atoms with van der Waals surface area (Å²) in [4.78, 5) is 22.3. The molecular formula is C9H13NO3. The molecule has 1 saturated heterocycles. The maximum Gasteiger partial charge on any atom is 0.321 e. The lowest BCUT2D eigenvalue weighted by Gasteiger charge is -2.24. The zero-order valence-corrected chi connectivity index (χ0v) is 7.32. The van der Waals surface area contributed by atoms with E-state index in [-0.39, 0.29) is 17.6 Å². The van der Waals surface area contributed by atoms with Crippen LogP contribution < -0.4 is 5.32 Å². The lowest BCUT2D eigenvalue weighted by atomic mass is 9.77. The van der Waals surface area contributed by atoms with E-state index in [4.69, 9.17) is 5.11 Å². The predicted molar refractivity (Wildman–Crippen MR) is 45.3 cm³/mol. The summed E-state index contributed by atoms with van der Waals surface area (Å²) in [5.74, 6) is -0.745. The van der Waals surface area contributed by atoms with Gasteiger partial charge in [-0.05, 0) is 25.3 Å². The summed E-state index contributed by atoms with van der Waals surface area (Å²) in [7, 11) is 0. The van der Waals surface area contributed by atoms with Crippen molar-refractivity contribution in [2.75, 3.05) is 6.54 Å². The van der Waals surface area contributed by atoms with Crippen molar-refractivity contribution in [2.24, 2.45) is 11.8 Å². The second-order valence-corrected chi connectivity index (χ2v) is 3.87. The third kappa shape index (κ3) is 1.35. The van der Waals surface area contributed by atoms with Crippen molar-refractivity contribution >= 4 is 11.8 Å². The van der Waals surface area contributed by atoms with Crippen LogP contribution >= 0.6 is 0 Å². The smallest absolute Gasteiger partial charge is 0.321 e. The fourth-order valence-corrected chi connectivity index (χ4v) is 2.48. The van der Waals surface area contributed by atoms with Crippen molar-refractivity contribution in [3.05, 3.63) is 0 Å². The maximum atomic E-state index is 11.5. The van der Waals surface area contributed by atoms with Gasteiger partial charge in [0.15, 0.2) is 0 Å². The van der Waals surface area contributed by atoms with Crippen molar-refractivity contribution in [3.8, 4) is 0 Å². The van der Waals surface area contributed by atoms with Crippen LogP contribution in [0.2, 0.25) is 0 Å². The fourth-order valence-electron chi connectivity index (χ4n) is 2.48. The first-order valence-electron chi connectivity index (χ1n) is 4.69. The average molecular weight is 183 g/mol. The Balaban J connectivity index is 2.18. The molecule has 2 N–H and O–H groups in total. The molecule has 4 heteroatoms. The Kier molecular flexibility index (Phi) is 2.07. The molecular weight excluding hydrogens is 170 g/mol. The Bertz CT molecular complexity index is 251. The molecule has 13 heavy (non-hydrogen) atoms. The van der Waals surface area contributed by atoms with Gasteiger partial charge in [0.05, 0.1) is 0 Å². The number of Topliss-reactive ketones (excluding diaryl/α,β-unsaturated/α-hetero) is 1. The lowest BCUT2D eigenvalue weighted by molar-refractivity contribution is -0.143. The fraction of sp³-hybridized carbons (Fsp3) is 0.778. The monoisotopic (exact) mass is 183 g/mol. The lowest BCUT2D eigenvalue weighted by Crippen LogP contribution is -2.40. The number of fused-ring (bicyclic) bond motifs is 1. The van der Waals surface area contributed by atoms with Crippen molar-refractivity contribution < 1.29 is 14.7 Å². The molecule has 2 fully saturated rings. The first kappa shape index (κ1) is 8.69.